The third kappa shape index (κ3) is 5.93. The van der Waals surface area contributed by atoms with Crippen molar-refractivity contribution in [3.05, 3.63) is 28.3 Å². The third-order valence-electron chi connectivity index (χ3n) is 3.19. The van der Waals surface area contributed by atoms with Gasteiger partial charge in [0.05, 0.1) is 19.8 Å². The third-order valence-corrected chi connectivity index (χ3v) is 3.19. The second-order valence-electron chi connectivity index (χ2n) is 4.54. The van der Waals surface area contributed by atoms with Crippen LogP contribution in [0.3, 0.4) is 0 Å². The van der Waals surface area contributed by atoms with Crippen molar-refractivity contribution in [2.24, 2.45) is 0 Å². The Hall–Kier alpha value is -1.06. The van der Waals surface area contributed by atoms with Crippen molar-refractivity contribution in [2.75, 3.05) is 33.5 Å². The van der Waals surface area contributed by atoms with Crippen LogP contribution in [0.1, 0.15) is 36.1 Å². The average Bonchev–Trinajstić information content (AvgIpc) is 2.45. The highest BCUT2D eigenvalue weighted by molar-refractivity contribution is 5.48. The molecule has 1 rings (SSSR count). The molecule has 0 fully saturated rings. The van der Waals surface area contributed by atoms with Crippen molar-refractivity contribution >= 4 is 0 Å². The maximum Gasteiger partial charge on any atom is 0.125 e. The van der Waals surface area contributed by atoms with E-state index in [2.05, 4.69) is 33.8 Å². The van der Waals surface area contributed by atoms with Gasteiger partial charge in [-0.05, 0) is 49.9 Å². The minimum Gasteiger partial charge on any atom is -0.491 e. The van der Waals surface area contributed by atoms with Gasteiger partial charge in [0.1, 0.15) is 12.4 Å². The summed E-state index contributed by atoms with van der Waals surface area (Å²) in [4.78, 5) is 0. The van der Waals surface area contributed by atoms with Crippen molar-refractivity contribution in [1.29, 1.82) is 0 Å². The van der Waals surface area contributed by atoms with E-state index in [0.29, 0.717) is 26.4 Å². The van der Waals surface area contributed by atoms with Crippen molar-refractivity contribution in [3.8, 4) is 5.75 Å². The molecule has 0 aromatic heterocycles. The molecular weight excluding hydrogens is 252 g/mol. The molecule has 0 spiro atoms. The molecule has 116 valence electrons. The van der Waals surface area contributed by atoms with Gasteiger partial charge >= 0.3 is 0 Å². The molecule has 1 aromatic rings. The SMILES string of the molecule is CC.COCCOCCOc1c(C)cc(C)c(C)c1C. The molecule has 0 radical (unpaired) electrons. The lowest BCUT2D eigenvalue weighted by Crippen LogP contribution is -2.11. The number of methoxy groups -OCH3 is 1. The molecule has 0 aliphatic rings. The summed E-state index contributed by atoms with van der Waals surface area (Å²) in [5, 5.41) is 0. The molecule has 3 nitrogen and oxygen atoms in total. The molecule has 0 aliphatic heterocycles. The van der Waals surface area contributed by atoms with Crippen molar-refractivity contribution < 1.29 is 14.2 Å². The lowest BCUT2D eigenvalue weighted by atomic mass is 10.00. The summed E-state index contributed by atoms with van der Waals surface area (Å²) in [7, 11) is 1.67. The first-order chi connectivity index (χ1) is 9.57. The summed E-state index contributed by atoms with van der Waals surface area (Å²) in [6, 6.07) is 2.17. The van der Waals surface area contributed by atoms with Gasteiger partial charge in [-0.25, -0.2) is 0 Å². The quantitative estimate of drug-likeness (QED) is 0.708. The molecule has 0 saturated heterocycles. The van der Waals surface area contributed by atoms with Gasteiger partial charge in [0, 0.05) is 7.11 Å². The van der Waals surface area contributed by atoms with Crippen LogP contribution in [0.2, 0.25) is 0 Å². The number of rotatable bonds is 7. The normalized spacial score (nSPS) is 9.95. The summed E-state index contributed by atoms with van der Waals surface area (Å²) in [6.07, 6.45) is 0. The average molecular weight is 282 g/mol. The molecule has 0 bridgehead atoms. The van der Waals surface area contributed by atoms with E-state index in [1.165, 1.54) is 22.3 Å². The van der Waals surface area contributed by atoms with E-state index in [1.54, 1.807) is 7.11 Å². The first kappa shape index (κ1) is 18.9. The van der Waals surface area contributed by atoms with Gasteiger partial charge in [-0.15, -0.1) is 0 Å². The summed E-state index contributed by atoms with van der Waals surface area (Å²) < 4.78 is 16.1. The topological polar surface area (TPSA) is 27.7 Å². The first-order valence-corrected chi connectivity index (χ1v) is 7.34. The second kappa shape index (κ2) is 10.7. The Morgan fingerprint density at radius 2 is 1.40 bits per heavy atom. The standard InChI is InChI=1S/C15H24O3.C2H6/c1-11-10-12(2)15(14(4)13(11)3)18-9-8-17-7-6-16-5;1-2/h10H,6-9H2,1-5H3;1-2H3. The number of ether oxygens (including phenoxy) is 3. The first-order valence-electron chi connectivity index (χ1n) is 7.34. The van der Waals surface area contributed by atoms with Crippen LogP contribution in [-0.2, 0) is 9.47 Å². The van der Waals surface area contributed by atoms with Gasteiger partial charge in [0.25, 0.3) is 0 Å². The zero-order chi connectivity index (χ0) is 15.5. The van der Waals surface area contributed by atoms with Gasteiger partial charge in [-0.2, -0.15) is 0 Å². The molecule has 0 atom stereocenters. The maximum absolute atomic E-state index is 5.82. The van der Waals surface area contributed by atoms with Crippen LogP contribution < -0.4 is 4.74 Å². The number of benzene rings is 1. The van der Waals surface area contributed by atoms with E-state index in [9.17, 15) is 0 Å². The van der Waals surface area contributed by atoms with Crippen LogP contribution in [-0.4, -0.2) is 33.5 Å². The predicted octanol–water partition coefficient (Wildman–Crippen LogP) is 3.99. The van der Waals surface area contributed by atoms with Gasteiger partial charge in [0.2, 0.25) is 0 Å². The smallest absolute Gasteiger partial charge is 0.125 e. The molecule has 0 saturated carbocycles. The van der Waals surface area contributed by atoms with E-state index < -0.39 is 0 Å². The van der Waals surface area contributed by atoms with Crippen LogP contribution in [0.15, 0.2) is 6.07 Å². The zero-order valence-electron chi connectivity index (χ0n) is 14.1. The Morgan fingerprint density at radius 3 is 2.00 bits per heavy atom. The number of hydrogen-bond acceptors (Lipinski definition) is 3. The fourth-order valence-corrected chi connectivity index (χ4v) is 1.93. The summed E-state index contributed by atoms with van der Waals surface area (Å²) in [5.41, 5.74) is 5.03. The van der Waals surface area contributed by atoms with Gasteiger partial charge < -0.3 is 14.2 Å². The van der Waals surface area contributed by atoms with E-state index >= 15 is 0 Å². The molecule has 0 N–H and O–H groups in total. The predicted molar refractivity (Wildman–Crippen MR) is 84.9 cm³/mol. The molecule has 1 aromatic carbocycles. The lowest BCUT2D eigenvalue weighted by molar-refractivity contribution is 0.0542. The van der Waals surface area contributed by atoms with E-state index in [1.807, 2.05) is 13.8 Å². The Morgan fingerprint density at radius 1 is 0.800 bits per heavy atom. The highest BCUT2D eigenvalue weighted by Gasteiger charge is 2.08. The van der Waals surface area contributed by atoms with Crippen LogP contribution in [0, 0.1) is 27.7 Å². The van der Waals surface area contributed by atoms with Crippen LogP contribution >= 0.6 is 0 Å². The second-order valence-corrected chi connectivity index (χ2v) is 4.54. The van der Waals surface area contributed by atoms with E-state index in [4.69, 9.17) is 14.2 Å². The molecule has 0 heterocycles. The van der Waals surface area contributed by atoms with E-state index in [-0.39, 0.29) is 0 Å². The van der Waals surface area contributed by atoms with Crippen LogP contribution in [0.5, 0.6) is 5.75 Å². The Kier molecular flexibility index (Phi) is 10.1. The molecule has 3 heteroatoms. The Labute approximate surface area is 124 Å². The monoisotopic (exact) mass is 282 g/mol. The minimum absolute atomic E-state index is 0.577. The van der Waals surface area contributed by atoms with Gasteiger partial charge in [-0.1, -0.05) is 19.9 Å². The highest BCUT2D eigenvalue weighted by Crippen LogP contribution is 2.28. The van der Waals surface area contributed by atoms with Crippen molar-refractivity contribution in [2.45, 2.75) is 41.5 Å². The Balaban J connectivity index is 0.00000172. The molecule has 0 amide bonds. The fraction of sp³-hybridized carbons (Fsp3) is 0.647. The fourth-order valence-electron chi connectivity index (χ4n) is 1.93. The van der Waals surface area contributed by atoms with Gasteiger partial charge in [0.15, 0.2) is 0 Å². The largest absolute Gasteiger partial charge is 0.491 e. The lowest BCUT2D eigenvalue weighted by Gasteiger charge is -2.16. The van der Waals surface area contributed by atoms with Gasteiger partial charge in [-0.3, -0.25) is 0 Å². The number of hydrogen-bond donors (Lipinski definition) is 0. The molecular formula is C17H30O3. The molecule has 0 unspecified atom stereocenters. The highest BCUT2D eigenvalue weighted by atomic mass is 16.5. The summed E-state index contributed by atoms with van der Waals surface area (Å²) >= 11 is 0. The van der Waals surface area contributed by atoms with Crippen molar-refractivity contribution in [1.82, 2.24) is 0 Å². The Bertz CT molecular complexity index is 386. The number of aryl methyl sites for hydroxylation is 2. The maximum atomic E-state index is 5.82. The minimum atomic E-state index is 0.577. The van der Waals surface area contributed by atoms with Crippen LogP contribution in [0.25, 0.3) is 0 Å². The molecule has 0 aliphatic carbocycles. The van der Waals surface area contributed by atoms with E-state index in [0.717, 1.165) is 5.75 Å². The summed E-state index contributed by atoms with van der Waals surface area (Å²) in [6.45, 7) is 14.9. The zero-order valence-corrected chi connectivity index (χ0v) is 14.1. The summed E-state index contributed by atoms with van der Waals surface area (Å²) in [5.74, 6) is 0.994. The van der Waals surface area contributed by atoms with Crippen LogP contribution in [0.4, 0.5) is 0 Å². The molecule has 20 heavy (non-hydrogen) atoms. The van der Waals surface area contributed by atoms with Crippen molar-refractivity contribution in [3.63, 3.8) is 0 Å².